The van der Waals surface area contributed by atoms with Gasteiger partial charge in [0.05, 0.1) is 19.1 Å². The number of ether oxygens (including phenoxy) is 1. The fraction of sp³-hybridized carbons (Fsp3) is 0.682. The minimum atomic E-state index is -0.383. The molecular weight excluding hydrogens is 391 g/mol. The first kappa shape index (κ1) is 19.8. The quantitative estimate of drug-likeness (QED) is 0.805. The summed E-state index contributed by atoms with van der Waals surface area (Å²) in [5.41, 5.74) is 0.0562. The van der Waals surface area contributed by atoms with Crippen molar-refractivity contribution >= 4 is 17.7 Å². The van der Waals surface area contributed by atoms with Gasteiger partial charge in [0, 0.05) is 44.1 Å². The van der Waals surface area contributed by atoms with Crippen molar-refractivity contribution in [3.63, 3.8) is 0 Å². The molecule has 7 heteroatoms. The molecule has 5 rings (SSSR count). The van der Waals surface area contributed by atoms with E-state index in [1.807, 2.05) is 16.7 Å². The first-order valence-electron chi connectivity index (χ1n) is 10.7. The van der Waals surface area contributed by atoms with Crippen molar-refractivity contribution in [3.8, 4) is 0 Å². The number of aliphatic hydroxyl groups is 1. The molecule has 1 amide bonds. The summed E-state index contributed by atoms with van der Waals surface area (Å²) in [4.78, 5) is 17.4. The molecular formula is C22H29FN2O3S. The Hall–Kier alpha value is -1.15. The molecule has 29 heavy (non-hydrogen) atoms. The van der Waals surface area contributed by atoms with Crippen molar-refractivity contribution in [1.82, 2.24) is 9.80 Å². The summed E-state index contributed by atoms with van der Waals surface area (Å²) in [5, 5.41) is 10.1. The van der Waals surface area contributed by atoms with Crippen molar-refractivity contribution < 1.29 is 19.0 Å². The van der Waals surface area contributed by atoms with Gasteiger partial charge in [0.25, 0.3) is 0 Å². The number of rotatable bonds is 4. The molecule has 0 unspecified atom stereocenters. The summed E-state index contributed by atoms with van der Waals surface area (Å²) in [6.45, 7) is 2.98. The number of thioether (sulfide) groups is 1. The zero-order valence-corrected chi connectivity index (χ0v) is 17.5. The average molecular weight is 421 g/mol. The number of amides is 1. The Kier molecular flexibility index (Phi) is 5.35. The number of halogens is 1. The Morgan fingerprint density at radius 1 is 1.24 bits per heavy atom. The molecule has 4 aliphatic heterocycles. The highest BCUT2D eigenvalue weighted by Crippen LogP contribution is 2.50. The Morgan fingerprint density at radius 3 is 2.79 bits per heavy atom. The topological polar surface area (TPSA) is 53.0 Å². The minimum Gasteiger partial charge on any atom is -0.396 e. The molecule has 4 heterocycles. The maximum absolute atomic E-state index is 14.0. The monoisotopic (exact) mass is 420 g/mol. The van der Waals surface area contributed by atoms with Crippen molar-refractivity contribution in [2.24, 2.45) is 11.8 Å². The first-order chi connectivity index (χ1) is 14.1. The van der Waals surface area contributed by atoms with Crippen LogP contribution in [0.5, 0.6) is 0 Å². The number of hydrogen-bond donors (Lipinski definition) is 1. The summed E-state index contributed by atoms with van der Waals surface area (Å²) < 4.78 is 20.5. The van der Waals surface area contributed by atoms with E-state index in [4.69, 9.17) is 4.74 Å². The van der Waals surface area contributed by atoms with E-state index in [1.54, 1.807) is 18.2 Å². The number of carbonyl (C=O) groups is 1. The molecule has 1 spiro atoms. The van der Waals surface area contributed by atoms with Gasteiger partial charge in [-0.25, -0.2) is 4.39 Å². The fourth-order valence-corrected chi connectivity index (χ4v) is 6.98. The number of morpholine rings is 1. The lowest BCUT2D eigenvalue weighted by Crippen LogP contribution is -2.57. The minimum absolute atomic E-state index is 0.0529. The summed E-state index contributed by atoms with van der Waals surface area (Å²) in [7, 11) is 0. The predicted octanol–water partition coefficient (Wildman–Crippen LogP) is 1.78. The SMILES string of the molecule is O=C(Cc1ccccc1F)N1C[C@@H]2[C@H](CO)[C@H]3CN(C4CCSCC4)C[C@]2(C1)O3. The molecule has 0 saturated carbocycles. The summed E-state index contributed by atoms with van der Waals surface area (Å²) in [6.07, 6.45) is 2.54. The Bertz CT molecular complexity index is 774. The first-order valence-corrected chi connectivity index (χ1v) is 11.9. The van der Waals surface area contributed by atoms with Gasteiger partial charge in [-0.2, -0.15) is 11.8 Å². The third-order valence-corrected chi connectivity index (χ3v) is 8.44. The molecule has 158 valence electrons. The van der Waals surface area contributed by atoms with Crippen LogP contribution in [0.3, 0.4) is 0 Å². The standard InChI is InChI=1S/C22H29FN2O3S/c23-19-4-2-1-3-15(19)9-21(27)25-10-18-17(12-26)20-11-24(13-22(18,14-25)28-20)16-5-7-29-8-6-16/h1-4,16-18,20,26H,5-14H2/t17-,18+,20+,22+/m0/s1. The van der Waals surface area contributed by atoms with Crippen molar-refractivity contribution in [2.75, 3.05) is 44.3 Å². The van der Waals surface area contributed by atoms with Gasteiger partial charge >= 0.3 is 0 Å². The number of fused-ring (bicyclic) bond motifs is 1. The highest BCUT2D eigenvalue weighted by Gasteiger charge is 2.63. The molecule has 4 saturated heterocycles. The Balaban J connectivity index is 1.33. The van der Waals surface area contributed by atoms with Crippen LogP contribution in [0.4, 0.5) is 4.39 Å². The van der Waals surface area contributed by atoms with Crippen LogP contribution in [-0.2, 0) is 16.0 Å². The van der Waals surface area contributed by atoms with E-state index >= 15 is 0 Å². The average Bonchev–Trinajstić information content (AvgIpc) is 3.18. The van der Waals surface area contributed by atoms with Crippen LogP contribution in [0, 0.1) is 17.7 Å². The number of aliphatic hydroxyl groups excluding tert-OH is 1. The fourth-order valence-electron chi connectivity index (χ4n) is 5.90. The Morgan fingerprint density at radius 2 is 2.03 bits per heavy atom. The van der Waals surface area contributed by atoms with Gasteiger partial charge in [-0.3, -0.25) is 9.69 Å². The van der Waals surface area contributed by atoms with Gasteiger partial charge in [0.15, 0.2) is 0 Å². The predicted molar refractivity (Wildman–Crippen MR) is 110 cm³/mol. The summed E-state index contributed by atoms with van der Waals surface area (Å²) >= 11 is 2.03. The van der Waals surface area contributed by atoms with Gasteiger partial charge in [0.1, 0.15) is 11.4 Å². The van der Waals surface area contributed by atoms with Crippen molar-refractivity contribution in [3.05, 3.63) is 35.6 Å². The third kappa shape index (κ3) is 3.50. The maximum Gasteiger partial charge on any atom is 0.227 e. The molecule has 4 atom stereocenters. The largest absolute Gasteiger partial charge is 0.396 e. The molecule has 1 N–H and O–H groups in total. The van der Waals surface area contributed by atoms with Crippen LogP contribution < -0.4 is 0 Å². The van der Waals surface area contributed by atoms with Gasteiger partial charge in [-0.1, -0.05) is 18.2 Å². The van der Waals surface area contributed by atoms with Crippen LogP contribution in [-0.4, -0.2) is 82.9 Å². The van der Waals surface area contributed by atoms with E-state index in [0.29, 0.717) is 24.7 Å². The normalized spacial score (nSPS) is 35.1. The van der Waals surface area contributed by atoms with E-state index in [2.05, 4.69) is 4.90 Å². The maximum atomic E-state index is 14.0. The molecule has 0 radical (unpaired) electrons. The molecule has 1 aromatic rings. The lowest BCUT2D eigenvalue weighted by atomic mass is 9.83. The van der Waals surface area contributed by atoms with E-state index in [9.17, 15) is 14.3 Å². The molecule has 2 bridgehead atoms. The highest BCUT2D eigenvalue weighted by atomic mass is 32.2. The van der Waals surface area contributed by atoms with Crippen LogP contribution in [0.1, 0.15) is 18.4 Å². The van der Waals surface area contributed by atoms with Gasteiger partial charge < -0.3 is 14.7 Å². The van der Waals surface area contributed by atoms with E-state index in [-0.39, 0.29) is 48.3 Å². The molecule has 0 aliphatic carbocycles. The second kappa shape index (κ2) is 7.84. The molecule has 1 aromatic carbocycles. The molecule has 4 aliphatic rings. The zero-order valence-electron chi connectivity index (χ0n) is 16.6. The Labute approximate surface area is 175 Å². The zero-order chi connectivity index (χ0) is 20.0. The lowest BCUT2D eigenvalue weighted by Gasteiger charge is -2.44. The molecule has 4 fully saturated rings. The van der Waals surface area contributed by atoms with Crippen LogP contribution >= 0.6 is 11.8 Å². The summed E-state index contributed by atoms with van der Waals surface area (Å²) in [5.74, 6) is 2.26. The summed E-state index contributed by atoms with van der Waals surface area (Å²) in [6, 6.07) is 7.06. The third-order valence-electron chi connectivity index (χ3n) is 7.39. The lowest BCUT2D eigenvalue weighted by molar-refractivity contribution is -0.141. The van der Waals surface area contributed by atoms with Crippen LogP contribution in [0.15, 0.2) is 24.3 Å². The van der Waals surface area contributed by atoms with Crippen molar-refractivity contribution in [2.45, 2.75) is 37.0 Å². The van der Waals surface area contributed by atoms with Gasteiger partial charge in [-0.15, -0.1) is 0 Å². The number of nitrogens with zero attached hydrogens (tertiary/aromatic N) is 2. The number of benzene rings is 1. The second-order valence-corrected chi connectivity index (χ2v) is 10.2. The smallest absolute Gasteiger partial charge is 0.227 e. The van der Waals surface area contributed by atoms with E-state index in [0.717, 1.165) is 13.1 Å². The van der Waals surface area contributed by atoms with Crippen molar-refractivity contribution in [1.29, 1.82) is 0 Å². The molecule has 0 aromatic heterocycles. The number of hydrogen-bond acceptors (Lipinski definition) is 5. The highest BCUT2D eigenvalue weighted by molar-refractivity contribution is 7.99. The molecule has 5 nitrogen and oxygen atoms in total. The number of carbonyl (C=O) groups excluding carboxylic acids is 1. The second-order valence-electron chi connectivity index (χ2n) is 8.99. The van der Waals surface area contributed by atoms with Gasteiger partial charge in [0.2, 0.25) is 5.91 Å². The van der Waals surface area contributed by atoms with Crippen LogP contribution in [0.2, 0.25) is 0 Å². The van der Waals surface area contributed by atoms with E-state index in [1.165, 1.54) is 30.4 Å². The van der Waals surface area contributed by atoms with E-state index < -0.39 is 0 Å². The van der Waals surface area contributed by atoms with Crippen LogP contribution in [0.25, 0.3) is 0 Å². The van der Waals surface area contributed by atoms with Gasteiger partial charge in [-0.05, 0) is 36.0 Å². The number of likely N-dealkylation sites (tertiary alicyclic amines) is 2.